The minimum absolute atomic E-state index is 0.0983. The minimum atomic E-state index is -1.96. The zero-order chi connectivity index (χ0) is 64.0. The molecule has 5 rings (SSSR count). The Hall–Kier alpha value is -5.49. The number of hydrogen-bond acceptors (Lipinski definition) is 27. The fourth-order valence-electron chi connectivity index (χ4n) is 10.3. The molecule has 0 radical (unpaired) electrons. The number of ether oxygens (including phenoxy) is 10. The normalized spacial score (nSPS) is 35.1. The van der Waals surface area contributed by atoms with Gasteiger partial charge in [0.1, 0.15) is 116 Å². The lowest BCUT2D eigenvalue weighted by Gasteiger charge is -2.51. The molecule has 25 atom stereocenters. The molecule has 5 saturated heterocycles. The van der Waals surface area contributed by atoms with Crippen molar-refractivity contribution in [2.45, 2.75) is 227 Å². The Balaban J connectivity index is 1.34. The van der Waals surface area contributed by atoms with Crippen molar-refractivity contribution in [1.29, 1.82) is 0 Å². The maximum absolute atomic E-state index is 13.8. The highest BCUT2D eigenvalue weighted by Crippen LogP contribution is 2.38. The number of hydrogen-bond donors (Lipinski definition) is 17. The Morgan fingerprint density at radius 3 is 1.66 bits per heavy atom. The van der Waals surface area contributed by atoms with E-state index in [0.717, 1.165) is 27.7 Å². The summed E-state index contributed by atoms with van der Waals surface area (Å²) in [7, 11) is 0. The topological polar surface area (TPSA) is 558 Å². The van der Waals surface area contributed by atoms with Crippen LogP contribution in [0.3, 0.4) is 0 Å². The SMILES string of the molecule is CC(=O)NC1C(OC2C(CO)OC(OC3C(CO)OC(OC4C5COC(O5)C(NC(C)=O)C4OC(C)C(=O)NC(C)C(=O)NC(CCC(=O)NC(CCCCN)C(=O)O)C(N)=O)C(NC(C)=O)C3O)C(N)C2OC(C)C(=O)O)OC(CO)C(O)C1O. The Kier molecular flexibility index (Phi) is 27.1. The van der Waals surface area contributed by atoms with Crippen LogP contribution in [-0.4, -0.2) is 280 Å². The number of primary amides is 1. The van der Waals surface area contributed by atoms with E-state index in [1.54, 1.807) is 0 Å². The van der Waals surface area contributed by atoms with Crippen molar-refractivity contribution in [2.24, 2.45) is 17.2 Å². The molecule has 0 aliphatic carbocycles. The second kappa shape index (κ2) is 32.7. The zero-order valence-corrected chi connectivity index (χ0v) is 48.1. The number of carbonyl (C=O) groups excluding carboxylic acids is 7. The van der Waals surface area contributed by atoms with E-state index < -0.39 is 232 Å². The van der Waals surface area contributed by atoms with Gasteiger partial charge in [-0.2, -0.15) is 0 Å². The third kappa shape index (κ3) is 18.5. The standard InChI is InChI=1S/C50H83N9O27/c1-17(43(71)59-23(42(53)70)10-11-29(66)58-24(46(75)76)9-7-8-12-51)54-44(72)18(2)78-41-33(57-22(6)65)48-77-16-28(83-48)39(41)86-50-32(56-21(5)64)36(69)37(26(14-61)82-50)84-47-30(52)40(79-19(3)45(73)74)38(27(15-62)81-47)85-49-31(55-20(4)63)35(68)34(67)25(13-60)80-49/h17-19,23-28,30-41,47-50,60-62,67-69H,7-16,51-52H2,1-6H3,(H2,53,70)(H,54,72)(H,55,63)(H,56,64)(H,57,65)(H,58,66)(H,59,71)(H,73,74)(H,75,76). The number of nitrogens with two attached hydrogens (primary N) is 3. The maximum atomic E-state index is 13.8. The second-order valence-electron chi connectivity index (χ2n) is 21.4. The summed E-state index contributed by atoms with van der Waals surface area (Å²) in [6.07, 6.45) is -28.8. The molecule has 0 saturated carbocycles. The van der Waals surface area contributed by atoms with Crippen molar-refractivity contribution in [3.05, 3.63) is 0 Å². The van der Waals surface area contributed by atoms with Crippen LogP contribution in [0.1, 0.15) is 73.6 Å². The number of carboxylic acids is 2. The molecule has 5 heterocycles. The number of aliphatic hydroxyl groups is 6. The Morgan fingerprint density at radius 2 is 1.10 bits per heavy atom. The highest BCUT2D eigenvalue weighted by Gasteiger charge is 2.58. The highest BCUT2D eigenvalue weighted by atomic mass is 16.8. The van der Waals surface area contributed by atoms with Gasteiger partial charge in [0.05, 0.1) is 32.5 Å². The molecule has 7 amide bonds. The number of carbonyl (C=O) groups is 9. The van der Waals surface area contributed by atoms with Crippen LogP contribution >= 0.6 is 0 Å². The molecule has 0 aromatic carbocycles. The second-order valence-corrected chi connectivity index (χ2v) is 21.4. The van der Waals surface area contributed by atoms with E-state index in [0.29, 0.717) is 19.4 Å². The van der Waals surface area contributed by atoms with Gasteiger partial charge in [0, 0.05) is 27.2 Å². The molecule has 2 bridgehead atoms. The molecule has 490 valence electrons. The van der Waals surface area contributed by atoms with Gasteiger partial charge in [0.15, 0.2) is 31.3 Å². The number of rotatable bonds is 31. The summed E-state index contributed by atoms with van der Waals surface area (Å²) >= 11 is 0. The van der Waals surface area contributed by atoms with Crippen molar-refractivity contribution in [1.82, 2.24) is 31.9 Å². The largest absolute Gasteiger partial charge is 0.480 e. The van der Waals surface area contributed by atoms with Gasteiger partial charge in [-0.25, -0.2) is 9.59 Å². The van der Waals surface area contributed by atoms with Gasteiger partial charge in [-0.3, -0.25) is 33.6 Å². The number of nitrogens with one attached hydrogen (secondary N) is 6. The molecule has 25 unspecified atom stereocenters. The van der Waals surface area contributed by atoms with E-state index in [4.69, 9.17) is 64.6 Å². The molecule has 36 nitrogen and oxygen atoms in total. The van der Waals surface area contributed by atoms with E-state index in [9.17, 15) is 84.0 Å². The summed E-state index contributed by atoms with van der Waals surface area (Å²) < 4.78 is 60.8. The number of aliphatic carboxylic acids is 2. The zero-order valence-electron chi connectivity index (χ0n) is 48.1. The molecule has 20 N–H and O–H groups in total. The van der Waals surface area contributed by atoms with Crippen molar-refractivity contribution < 1.29 is 131 Å². The molecular weight excluding hydrogens is 1160 g/mol. The lowest BCUT2D eigenvalue weighted by atomic mass is 9.93. The van der Waals surface area contributed by atoms with Crippen LogP contribution < -0.4 is 49.1 Å². The smallest absolute Gasteiger partial charge is 0.332 e. The van der Waals surface area contributed by atoms with Gasteiger partial charge in [-0.1, -0.05) is 0 Å². The van der Waals surface area contributed by atoms with Gasteiger partial charge in [0.2, 0.25) is 41.4 Å². The van der Waals surface area contributed by atoms with Crippen molar-refractivity contribution in [2.75, 3.05) is 33.0 Å². The average molecular weight is 1240 g/mol. The van der Waals surface area contributed by atoms with Crippen molar-refractivity contribution in [3.63, 3.8) is 0 Å². The molecule has 36 heteroatoms. The first-order valence-corrected chi connectivity index (χ1v) is 27.8. The fraction of sp³-hybridized carbons (Fsp3) is 0.820. The van der Waals surface area contributed by atoms with Crippen LogP contribution in [0.5, 0.6) is 0 Å². The van der Waals surface area contributed by atoms with Crippen LogP contribution in [0, 0.1) is 0 Å². The summed E-state index contributed by atoms with van der Waals surface area (Å²) in [6, 6.07) is -10.2. The van der Waals surface area contributed by atoms with Crippen molar-refractivity contribution >= 4 is 53.3 Å². The summed E-state index contributed by atoms with van der Waals surface area (Å²) in [6.45, 7) is 4.26. The van der Waals surface area contributed by atoms with E-state index in [1.165, 1.54) is 13.8 Å². The Bertz CT molecular complexity index is 2330. The number of amides is 7. The molecule has 86 heavy (non-hydrogen) atoms. The van der Waals surface area contributed by atoms with Gasteiger partial charge in [-0.05, 0) is 53.0 Å². The number of fused-ring (bicyclic) bond motifs is 2. The lowest BCUT2D eigenvalue weighted by molar-refractivity contribution is -0.361. The Labute approximate surface area is 492 Å². The van der Waals surface area contributed by atoms with E-state index >= 15 is 0 Å². The molecular formula is C50H83N9O27. The van der Waals surface area contributed by atoms with E-state index in [2.05, 4.69) is 31.9 Å². The average Bonchev–Trinajstić information content (AvgIpc) is 1.76. The van der Waals surface area contributed by atoms with Gasteiger partial charge in [0.25, 0.3) is 0 Å². The minimum Gasteiger partial charge on any atom is -0.480 e. The third-order valence-electron chi connectivity index (χ3n) is 14.8. The maximum Gasteiger partial charge on any atom is 0.332 e. The Morgan fingerprint density at radius 1 is 0.570 bits per heavy atom. The molecule has 0 aromatic rings. The highest BCUT2D eigenvalue weighted by molar-refractivity contribution is 5.92. The number of carboxylic acid groups (broad SMARTS) is 2. The summed E-state index contributed by atoms with van der Waals surface area (Å²) in [5.41, 5.74) is 17.7. The first-order chi connectivity index (χ1) is 40.5. The molecule has 5 fully saturated rings. The third-order valence-corrected chi connectivity index (χ3v) is 14.8. The van der Waals surface area contributed by atoms with Gasteiger partial charge >= 0.3 is 11.9 Å². The van der Waals surface area contributed by atoms with Crippen LogP contribution in [0.2, 0.25) is 0 Å². The number of aliphatic hydroxyl groups excluding tert-OH is 6. The summed E-state index contributed by atoms with van der Waals surface area (Å²) in [5, 5.41) is 99.3. The van der Waals surface area contributed by atoms with Crippen molar-refractivity contribution in [3.8, 4) is 0 Å². The summed E-state index contributed by atoms with van der Waals surface area (Å²) in [5.74, 6) is -8.56. The fourth-order valence-corrected chi connectivity index (χ4v) is 10.3. The lowest BCUT2D eigenvalue weighted by Crippen LogP contribution is -2.71. The first-order valence-electron chi connectivity index (χ1n) is 27.8. The molecule has 0 spiro atoms. The van der Waals surface area contributed by atoms with Gasteiger partial charge < -0.3 is 137 Å². The van der Waals surface area contributed by atoms with E-state index in [1.807, 2.05) is 0 Å². The predicted molar refractivity (Wildman–Crippen MR) is 282 cm³/mol. The molecule has 0 aromatic heterocycles. The monoisotopic (exact) mass is 1240 g/mol. The van der Waals surface area contributed by atoms with Crippen LogP contribution in [0.4, 0.5) is 0 Å². The predicted octanol–water partition coefficient (Wildman–Crippen LogP) is -9.44. The molecule has 5 aliphatic rings. The van der Waals surface area contributed by atoms with Crippen LogP contribution in [0.25, 0.3) is 0 Å². The van der Waals surface area contributed by atoms with Gasteiger partial charge in [-0.15, -0.1) is 0 Å². The molecule has 5 aliphatic heterocycles. The van der Waals surface area contributed by atoms with Crippen LogP contribution in [0.15, 0.2) is 0 Å². The summed E-state index contributed by atoms with van der Waals surface area (Å²) in [4.78, 5) is 114. The first kappa shape index (κ1) is 71.3. The van der Waals surface area contributed by atoms with Crippen LogP contribution in [-0.2, 0) is 90.5 Å². The number of unbranched alkanes of at least 4 members (excludes halogenated alkanes) is 1. The quantitative estimate of drug-likeness (QED) is 0.0287. The van der Waals surface area contributed by atoms with E-state index in [-0.39, 0.29) is 19.4 Å².